The first kappa shape index (κ1) is 20.0. The highest BCUT2D eigenvalue weighted by molar-refractivity contribution is 7.92. The molecule has 0 fully saturated rings. The van der Waals surface area contributed by atoms with Gasteiger partial charge >= 0.3 is 0 Å². The van der Waals surface area contributed by atoms with Crippen LogP contribution in [-0.4, -0.2) is 30.5 Å². The fourth-order valence-corrected chi connectivity index (χ4v) is 3.40. The molecule has 0 aromatic heterocycles. The number of carbonyl (C=O) groups excluding carboxylic acids is 1. The van der Waals surface area contributed by atoms with Gasteiger partial charge < -0.3 is 0 Å². The van der Waals surface area contributed by atoms with Crippen LogP contribution in [0.5, 0.6) is 0 Å². The summed E-state index contributed by atoms with van der Waals surface area (Å²) in [5, 5.41) is 8.81. The topological polar surface area (TPSA) is 83.5 Å². The van der Waals surface area contributed by atoms with E-state index in [0.29, 0.717) is 11.1 Å². The monoisotopic (exact) mass is 383 g/mol. The van der Waals surface area contributed by atoms with E-state index in [1.165, 1.54) is 24.5 Å². The van der Waals surface area contributed by atoms with Crippen LogP contribution in [-0.2, 0) is 21.1 Å². The summed E-state index contributed by atoms with van der Waals surface area (Å²) in [6.45, 7) is 1.24. The molecule has 1 amide bonds. The molecule has 0 spiro atoms. The molecule has 5 nitrogen and oxygen atoms in total. The first-order chi connectivity index (χ1) is 12.1. The van der Waals surface area contributed by atoms with Crippen molar-refractivity contribution in [3.05, 3.63) is 59.7 Å². The molecule has 8 heteroatoms. The third-order valence-electron chi connectivity index (χ3n) is 4.51. The smallest absolute Gasteiger partial charge is 0.264 e. The van der Waals surface area contributed by atoms with Crippen molar-refractivity contribution in [2.45, 2.75) is 24.5 Å². The van der Waals surface area contributed by atoms with Gasteiger partial charge in [-0.25, -0.2) is 22.7 Å². The zero-order valence-electron chi connectivity index (χ0n) is 14.3. The summed E-state index contributed by atoms with van der Waals surface area (Å²) in [4.78, 5) is 11.8. The fourth-order valence-electron chi connectivity index (χ4n) is 2.55. The Morgan fingerprint density at radius 3 is 2.31 bits per heavy atom. The van der Waals surface area contributed by atoms with Gasteiger partial charge in [0.15, 0.2) is 21.5 Å². The van der Waals surface area contributed by atoms with E-state index >= 15 is 0 Å². The summed E-state index contributed by atoms with van der Waals surface area (Å²) >= 11 is 0. The molecular formula is C18H19F2NO4S. The van der Waals surface area contributed by atoms with Crippen molar-refractivity contribution in [2.24, 2.45) is 0 Å². The lowest BCUT2D eigenvalue weighted by molar-refractivity contribution is -0.131. The molecule has 0 saturated heterocycles. The van der Waals surface area contributed by atoms with Crippen LogP contribution < -0.4 is 5.48 Å². The molecule has 26 heavy (non-hydrogen) atoms. The van der Waals surface area contributed by atoms with Crippen molar-refractivity contribution in [1.82, 2.24) is 5.48 Å². The summed E-state index contributed by atoms with van der Waals surface area (Å²) in [6.07, 6.45) is 1.12. The number of hydrogen-bond donors (Lipinski definition) is 2. The molecule has 2 aromatic carbocycles. The zero-order valence-corrected chi connectivity index (χ0v) is 15.1. The number of sulfone groups is 1. The van der Waals surface area contributed by atoms with Crippen molar-refractivity contribution >= 4 is 15.7 Å². The minimum Gasteiger partial charge on any atom is -0.289 e. The molecule has 0 heterocycles. The van der Waals surface area contributed by atoms with Crippen LogP contribution in [0.3, 0.4) is 0 Å². The van der Waals surface area contributed by atoms with Gasteiger partial charge in [0.05, 0.1) is 0 Å². The number of amides is 1. The van der Waals surface area contributed by atoms with Gasteiger partial charge in [0, 0.05) is 11.8 Å². The first-order valence-corrected chi connectivity index (χ1v) is 9.67. The van der Waals surface area contributed by atoms with Crippen molar-refractivity contribution in [1.29, 1.82) is 0 Å². The first-order valence-electron chi connectivity index (χ1n) is 7.77. The maximum atomic E-state index is 13.8. The minimum atomic E-state index is -3.77. The van der Waals surface area contributed by atoms with Crippen LogP contribution in [0.25, 0.3) is 11.1 Å². The quantitative estimate of drug-likeness (QED) is 0.594. The highest BCUT2D eigenvalue weighted by Gasteiger charge is 2.43. The molecule has 2 aromatic rings. The van der Waals surface area contributed by atoms with E-state index in [1.54, 1.807) is 24.3 Å². The van der Waals surface area contributed by atoms with E-state index in [1.807, 2.05) is 0 Å². The average Bonchev–Trinajstić information content (AvgIpc) is 2.60. The number of benzene rings is 2. The molecule has 0 aliphatic heterocycles. The van der Waals surface area contributed by atoms with Gasteiger partial charge in [-0.1, -0.05) is 36.4 Å². The fraction of sp³-hybridized carbons (Fsp3) is 0.278. The minimum absolute atomic E-state index is 0.0497. The Morgan fingerprint density at radius 1 is 1.15 bits per heavy atom. The molecule has 0 aliphatic rings. The normalized spacial score (nSPS) is 13.9. The Hall–Kier alpha value is -2.32. The van der Waals surface area contributed by atoms with Crippen molar-refractivity contribution < 1.29 is 27.2 Å². The number of carbonyl (C=O) groups is 1. The van der Waals surface area contributed by atoms with Crippen molar-refractivity contribution in [2.75, 3.05) is 6.26 Å². The number of hydrogen-bond acceptors (Lipinski definition) is 4. The molecule has 0 saturated carbocycles. The molecule has 0 radical (unpaired) electrons. The number of rotatable bonds is 6. The Morgan fingerprint density at radius 2 is 1.77 bits per heavy atom. The summed E-state index contributed by atoms with van der Waals surface area (Å²) in [6, 6.07) is 10.4. The summed E-state index contributed by atoms with van der Waals surface area (Å²) in [5.41, 5.74) is 2.71. The predicted molar refractivity (Wildman–Crippen MR) is 93.3 cm³/mol. The lowest BCUT2D eigenvalue weighted by Crippen LogP contribution is -2.49. The number of nitrogens with one attached hydrogen (secondary N) is 1. The highest BCUT2D eigenvalue weighted by atomic mass is 32.2. The van der Waals surface area contributed by atoms with E-state index in [4.69, 9.17) is 5.21 Å². The molecule has 1 atom stereocenters. The van der Waals surface area contributed by atoms with Crippen LogP contribution in [0.4, 0.5) is 8.78 Å². The summed E-state index contributed by atoms with van der Waals surface area (Å²) in [5.74, 6) is -2.88. The van der Waals surface area contributed by atoms with Crippen LogP contribution in [0, 0.1) is 11.6 Å². The zero-order chi connectivity index (χ0) is 19.5. The van der Waals surface area contributed by atoms with E-state index < -0.39 is 32.1 Å². The number of halogens is 2. The predicted octanol–water partition coefficient (Wildman–Crippen LogP) is 2.87. The number of aryl methyl sites for hydroxylation is 1. The van der Waals surface area contributed by atoms with Gasteiger partial charge in [0.2, 0.25) is 0 Å². The Bertz CT molecular complexity index is 913. The standard InChI is InChI=1S/C18H19F2NO4S/c1-18(17(22)21-23,26(2,24)25)11-10-12-6-8-13(9-7-12)14-4-3-5-15(19)16(14)20/h3-9,23H,10-11H2,1-2H3,(H,21,22). The molecule has 1 unspecified atom stereocenters. The largest absolute Gasteiger partial charge is 0.289 e. The van der Waals surface area contributed by atoms with Crippen molar-refractivity contribution in [3.63, 3.8) is 0 Å². The average molecular weight is 383 g/mol. The lowest BCUT2D eigenvalue weighted by atomic mass is 9.97. The SMILES string of the molecule is CC(CCc1ccc(-c2cccc(F)c2F)cc1)(C(=O)NO)S(C)(=O)=O. The van der Waals surface area contributed by atoms with E-state index in [-0.39, 0.29) is 18.4 Å². The van der Waals surface area contributed by atoms with Crippen LogP contribution >= 0.6 is 0 Å². The van der Waals surface area contributed by atoms with Gasteiger partial charge in [0.1, 0.15) is 4.75 Å². The Balaban J connectivity index is 2.22. The van der Waals surface area contributed by atoms with Gasteiger partial charge in [-0.15, -0.1) is 0 Å². The molecular weight excluding hydrogens is 364 g/mol. The summed E-state index contributed by atoms with van der Waals surface area (Å²) in [7, 11) is -3.77. The lowest BCUT2D eigenvalue weighted by Gasteiger charge is -2.25. The maximum absolute atomic E-state index is 13.8. The maximum Gasteiger partial charge on any atom is 0.264 e. The third-order valence-corrected chi connectivity index (χ3v) is 6.53. The van der Waals surface area contributed by atoms with Crippen LogP contribution in [0.15, 0.2) is 42.5 Å². The Labute approximate surface area is 150 Å². The van der Waals surface area contributed by atoms with Crippen LogP contribution in [0.2, 0.25) is 0 Å². The highest BCUT2D eigenvalue weighted by Crippen LogP contribution is 2.27. The second-order valence-corrected chi connectivity index (χ2v) is 8.69. The van der Waals surface area contributed by atoms with Gasteiger partial charge in [0.25, 0.3) is 5.91 Å². The summed E-state index contributed by atoms with van der Waals surface area (Å²) < 4.78 is 49.3. The van der Waals surface area contributed by atoms with Crippen molar-refractivity contribution in [3.8, 4) is 11.1 Å². The van der Waals surface area contributed by atoms with Crippen LogP contribution in [0.1, 0.15) is 18.9 Å². The molecule has 2 rings (SSSR count). The van der Waals surface area contributed by atoms with Gasteiger partial charge in [-0.05, 0) is 37.0 Å². The van der Waals surface area contributed by atoms with E-state index in [9.17, 15) is 22.0 Å². The third kappa shape index (κ3) is 3.91. The molecule has 0 bridgehead atoms. The molecule has 0 aliphatic carbocycles. The van der Waals surface area contributed by atoms with Gasteiger partial charge in [-0.2, -0.15) is 0 Å². The number of hydroxylamine groups is 1. The van der Waals surface area contributed by atoms with E-state index in [2.05, 4.69) is 0 Å². The molecule has 2 N–H and O–H groups in total. The molecule has 140 valence electrons. The van der Waals surface area contributed by atoms with Gasteiger partial charge in [-0.3, -0.25) is 10.0 Å². The Kier molecular flexibility index (Phi) is 5.77. The van der Waals surface area contributed by atoms with E-state index in [0.717, 1.165) is 12.3 Å². The second kappa shape index (κ2) is 7.51. The second-order valence-electron chi connectivity index (χ2n) is 6.24.